The van der Waals surface area contributed by atoms with Gasteiger partial charge in [0.15, 0.2) is 0 Å². The molecule has 0 bridgehead atoms. The molecule has 1 unspecified atom stereocenters. The zero-order chi connectivity index (χ0) is 9.90. The Morgan fingerprint density at radius 2 is 2.23 bits per heavy atom. The van der Waals surface area contributed by atoms with Gasteiger partial charge in [-0.15, -0.1) is 0 Å². The van der Waals surface area contributed by atoms with Gasteiger partial charge < -0.3 is 5.11 Å². The summed E-state index contributed by atoms with van der Waals surface area (Å²) in [6.45, 7) is 4.58. The summed E-state index contributed by atoms with van der Waals surface area (Å²) in [7, 11) is 0. The van der Waals surface area contributed by atoms with Gasteiger partial charge in [-0.05, 0) is 30.6 Å². The molecule has 1 aliphatic rings. The standard InChI is InChI=1S/C11H20O2/c1-11(2)7-3-4-9(8-11)5-6-10(12)13/h9H,3-8H2,1-2H3,(H,12,13). The van der Waals surface area contributed by atoms with E-state index in [1.807, 2.05) is 0 Å². The molecule has 0 heterocycles. The molecule has 76 valence electrons. The second kappa shape index (κ2) is 4.12. The third-order valence-electron chi connectivity index (χ3n) is 3.07. The van der Waals surface area contributed by atoms with E-state index < -0.39 is 5.97 Å². The lowest BCUT2D eigenvalue weighted by Crippen LogP contribution is -2.23. The van der Waals surface area contributed by atoms with Crippen molar-refractivity contribution in [2.75, 3.05) is 0 Å². The minimum Gasteiger partial charge on any atom is -0.481 e. The summed E-state index contributed by atoms with van der Waals surface area (Å²) in [5, 5.41) is 8.57. The van der Waals surface area contributed by atoms with Crippen molar-refractivity contribution in [2.45, 2.75) is 52.4 Å². The molecule has 0 amide bonds. The molecule has 1 aliphatic carbocycles. The van der Waals surface area contributed by atoms with Gasteiger partial charge in [-0.1, -0.05) is 26.7 Å². The number of hydrogen-bond acceptors (Lipinski definition) is 1. The highest BCUT2D eigenvalue weighted by molar-refractivity contribution is 5.66. The molecule has 2 heteroatoms. The first-order chi connectivity index (χ1) is 5.99. The fourth-order valence-corrected chi connectivity index (χ4v) is 2.43. The molecule has 0 saturated heterocycles. The highest BCUT2D eigenvalue weighted by Gasteiger charge is 2.27. The monoisotopic (exact) mass is 184 g/mol. The van der Waals surface area contributed by atoms with Gasteiger partial charge in [0.2, 0.25) is 0 Å². The molecule has 0 aromatic heterocycles. The largest absolute Gasteiger partial charge is 0.481 e. The van der Waals surface area contributed by atoms with Crippen molar-refractivity contribution in [2.24, 2.45) is 11.3 Å². The molecule has 0 radical (unpaired) electrons. The van der Waals surface area contributed by atoms with Crippen LogP contribution in [0, 0.1) is 11.3 Å². The molecule has 0 aliphatic heterocycles. The fourth-order valence-electron chi connectivity index (χ4n) is 2.43. The number of rotatable bonds is 3. The maximum atomic E-state index is 10.4. The van der Waals surface area contributed by atoms with Crippen molar-refractivity contribution in [1.82, 2.24) is 0 Å². The van der Waals surface area contributed by atoms with E-state index in [1.54, 1.807) is 0 Å². The first-order valence-corrected chi connectivity index (χ1v) is 5.21. The van der Waals surface area contributed by atoms with Gasteiger partial charge in [-0.25, -0.2) is 0 Å². The van der Waals surface area contributed by atoms with Gasteiger partial charge >= 0.3 is 5.97 Å². The molecule has 1 atom stereocenters. The summed E-state index contributed by atoms with van der Waals surface area (Å²) in [5.74, 6) is 0.00299. The van der Waals surface area contributed by atoms with Gasteiger partial charge in [0.05, 0.1) is 0 Å². The van der Waals surface area contributed by atoms with Crippen LogP contribution in [0.3, 0.4) is 0 Å². The van der Waals surface area contributed by atoms with Crippen molar-refractivity contribution in [3.8, 4) is 0 Å². The smallest absolute Gasteiger partial charge is 0.303 e. The lowest BCUT2D eigenvalue weighted by atomic mass is 9.71. The molecule has 0 aromatic rings. The van der Waals surface area contributed by atoms with Crippen LogP contribution >= 0.6 is 0 Å². The molecule has 13 heavy (non-hydrogen) atoms. The molecule has 1 fully saturated rings. The van der Waals surface area contributed by atoms with E-state index >= 15 is 0 Å². The van der Waals surface area contributed by atoms with E-state index in [2.05, 4.69) is 13.8 Å². The number of hydrogen-bond donors (Lipinski definition) is 1. The summed E-state index contributed by atoms with van der Waals surface area (Å²) in [4.78, 5) is 10.4. The normalized spacial score (nSPS) is 27.1. The number of carbonyl (C=O) groups is 1. The Hall–Kier alpha value is -0.530. The number of carboxylic acid groups (broad SMARTS) is 1. The second-order valence-electron chi connectivity index (χ2n) is 5.06. The van der Waals surface area contributed by atoms with Crippen LogP contribution in [0.2, 0.25) is 0 Å². The first-order valence-electron chi connectivity index (χ1n) is 5.21. The van der Waals surface area contributed by atoms with E-state index in [0.29, 0.717) is 17.8 Å². The topological polar surface area (TPSA) is 37.3 Å². The van der Waals surface area contributed by atoms with Gasteiger partial charge in [0, 0.05) is 6.42 Å². The molecule has 1 rings (SSSR count). The Labute approximate surface area is 80.3 Å². The Morgan fingerprint density at radius 1 is 1.54 bits per heavy atom. The Morgan fingerprint density at radius 3 is 2.77 bits per heavy atom. The molecule has 1 N–H and O–H groups in total. The predicted molar refractivity (Wildman–Crippen MR) is 52.6 cm³/mol. The van der Waals surface area contributed by atoms with Crippen molar-refractivity contribution in [3.63, 3.8) is 0 Å². The minimum atomic E-state index is -0.650. The van der Waals surface area contributed by atoms with Gasteiger partial charge in [-0.3, -0.25) is 4.79 Å². The third kappa shape index (κ3) is 3.79. The summed E-state index contributed by atoms with van der Waals surface area (Å²) < 4.78 is 0. The Kier molecular flexibility index (Phi) is 3.34. The Bertz CT molecular complexity index is 185. The summed E-state index contributed by atoms with van der Waals surface area (Å²) in [5.41, 5.74) is 0.446. The maximum Gasteiger partial charge on any atom is 0.303 e. The van der Waals surface area contributed by atoms with E-state index in [1.165, 1.54) is 25.7 Å². The van der Waals surface area contributed by atoms with Crippen LogP contribution < -0.4 is 0 Å². The van der Waals surface area contributed by atoms with Crippen molar-refractivity contribution >= 4 is 5.97 Å². The first kappa shape index (κ1) is 10.6. The average Bonchev–Trinajstić information content (AvgIpc) is 1.99. The van der Waals surface area contributed by atoms with E-state index in [-0.39, 0.29) is 0 Å². The van der Waals surface area contributed by atoms with Crippen molar-refractivity contribution in [1.29, 1.82) is 0 Å². The van der Waals surface area contributed by atoms with Gasteiger partial charge in [0.1, 0.15) is 0 Å². The molecular weight excluding hydrogens is 164 g/mol. The zero-order valence-corrected chi connectivity index (χ0v) is 8.68. The van der Waals surface area contributed by atoms with Gasteiger partial charge in [-0.2, -0.15) is 0 Å². The van der Waals surface area contributed by atoms with Crippen LogP contribution in [0.4, 0.5) is 0 Å². The summed E-state index contributed by atoms with van der Waals surface area (Å²) >= 11 is 0. The van der Waals surface area contributed by atoms with Gasteiger partial charge in [0.25, 0.3) is 0 Å². The van der Waals surface area contributed by atoms with Crippen LogP contribution in [0.1, 0.15) is 52.4 Å². The average molecular weight is 184 g/mol. The maximum absolute atomic E-state index is 10.4. The molecule has 0 aromatic carbocycles. The van der Waals surface area contributed by atoms with E-state index in [9.17, 15) is 4.79 Å². The molecule has 2 nitrogen and oxygen atoms in total. The highest BCUT2D eigenvalue weighted by Crippen LogP contribution is 2.40. The van der Waals surface area contributed by atoms with Crippen molar-refractivity contribution < 1.29 is 9.90 Å². The lowest BCUT2D eigenvalue weighted by molar-refractivity contribution is -0.137. The lowest BCUT2D eigenvalue weighted by Gasteiger charge is -2.35. The number of carboxylic acids is 1. The minimum absolute atomic E-state index is 0.348. The van der Waals surface area contributed by atoms with Crippen molar-refractivity contribution in [3.05, 3.63) is 0 Å². The SMILES string of the molecule is CC1(C)CCCC(CCC(=O)O)C1. The summed E-state index contributed by atoms with van der Waals surface area (Å²) in [6, 6.07) is 0. The molecular formula is C11H20O2. The highest BCUT2D eigenvalue weighted by atomic mass is 16.4. The molecule has 0 spiro atoms. The second-order valence-corrected chi connectivity index (χ2v) is 5.06. The van der Waals surface area contributed by atoms with Crippen LogP contribution in [-0.2, 0) is 4.79 Å². The summed E-state index contributed by atoms with van der Waals surface area (Å²) in [6.07, 6.45) is 6.24. The quantitative estimate of drug-likeness (QED) is 0.732. The van der Waals surface area contributed by atoms with Crippen LogP contribution in [0.25, 0.3) is 0 Å². The fraction of sp³-hybridized carbons (Fsp3) is 0.909. The number of aliphatic carboxylic acids is 1. The van der Waals surface area contributed by atoms with Crippen LogP contribution in [-0.4, -0.2) is 11.1 Å². The molecule has 1 saturated carbocycles. The van der Waals surface area contributed by atoms with Crippen LogP contribution in [0.5, 0.6) is 0 Å². The van der Waals surface area contributed by atoms with E-state index in [0.717, 1.165) is 6.42 Å². The Balaban J connectivity index is 2.30. The van der Waals surface area contributed by atoms with Crippen LogP contribution in [0.15, 0.2) is 0 Å². The predicted octanol–water partition coefficient (Wildman–Crippen LogP) is 3.07. The zero-order valence-electron chi connectivity index (χ0n) is 8.68. The van der Waals surface area contributed by atoms with E-state index in [4.69, 9.17) is 5.11 Å². The third-order valence-corrected chi connectivity index (χ3v) is 3.07.